The first kappa shape index (κ1) is 15.2. The van der Waals surface area contributed by atoms with Crippen molar-refractivity contribution < 1.29 is 0 Å². The van der Waals surface area contributed by atoms with E-state index in [0.717, 1.165) is 24.4 Å². The summed E-state index contributed by atoms with van der Waals surface area (Å²) < 4.78 is 0. The first-order valence-electron chi connectivity index (χ1n) is 6.52. The van der Waals surface area contributed by atoms with Gasteiger partial charge in [0.05, 0.1) is 11.3 Å². The normalized spacial score (nSPS) is 17.0. The number of likely N-dealkylation sites (tertiary alicyclic amines) is 1. The minimum absolute atomic E-state index is 0. The molecule has 18 heavy (non-hydrogen) atoms. The quantitative estimate of drug-likeness (QED) is 0.829. The van der Waals surface area contributed by atoms with E-state index in [2.05, 4.69) is 18.7 Å². The summed E-state index contributed by atoms with van der Waals surface area (Å²) >= 11 is 0. The lowest BCUT2D eigenvalue weighted by Gasteiger charge is -2.41. The van der Waals surface area contributed by atoms with E-state index in [-0.39, 0.29) is 17.9 Å². The molecule has 0 atom stereocenters. The van der Waals surface area contributed by atoms with Crippen molar-refractivity contribution in [3.8, 4) is 0 Å². The highest BCUT2D eigenvalue weighted by atomic mass is 35.5. The molecule has 0 aromatic heterocycles. The van der Waals surface area contributed by atoms with Crippen molar-refractivity contribution in [2.24, 2.45) is 0 Å². The fourth-order valence-corrected chi connectivity index (χ4v) is 2.57. The van der Waals surface area contributed by atoms with Crippen LogP contribution in [0.5, 0.6) is 0 Å². The predicted octanol–water partition coefficient (Wildman–Crippen LogP) is 3.74. The number of rotatable bonds is 3. The molecule has 0 aliphatic carbocycles. The third kappa shape index (κ3) is 3.12. The van der Waals surface area contributed by atoms with Crippen LogP contribution in [-0.2, 0) is 0 Å². The lowest BCUT2D eigenvalue weighted by atomic mass is 9.89. The van der Waals surface area contributed by atoms with Crippen molar-refractivity contribution in [1.82, 2.24) is 4.90 Å². The van der Waals surface area contributed by atoms with Gasteiger partial charge in [-0.25, -0.2) is 0 Å². The molecule has 0 saturated carbocycles. The van der Waals surface area contributed by atoms with Gasteiger partial charge in [-0.15, -0.1) is 12.4 Å². The van der Waals surface area contributed by atoms with Gasteiger partial charge < -0.3 is 5.41 Å². The van der Waals surface area contributed by atoms with E-state index >= 15 is 0 Å². The van der Waals surface area contributed by atoms with Crippen LogP contribution in [0.3, 0.4) is 0 Å². The first-order chi connectivity index (χ1) is 8.12. The van der Waals surface area contributed by atoms with E-state index in [9.17, 15) is 0 Å². The summed E-state index contributed by atoms with van der Waals surface area (Å²) in [5.41, 5.74) is 1.63. The molecule has 1 fully saturated rings. The Morgan fingerprint density at radius 3 is 2.17 bits per heavy atom. The summed E-state index contributed by atoms with van der Waals surface area (Å²) in [6.45, 7) is 6.60. The molecule has 0 spiro atoms. The van der Waals surface area contributed by atoms with Crippen LogP contribution in [-0.4, -0.2) is 29.2 Å². The zero-order valence-corrected chi connectivity index (χ0v) is 12.1. The van der Waals surface area contributed by atoms with Crippen molar-refractivity contribution in [3.05, 3.63) is 35.9 Å². The summed E-state index contributed by atoms with van der Waals surface area (Å²) in [6, 6.07) is 10.1. The lowest BCUT2D eigenvalue weighted by Crippen LogP contribution is -2.52. The van der Waals surface area contributed by atoms with Crippen molar-refractivity contribution >= 4 is 18.1 Å². The number of hydrogen-bond donors (Lipinski definition) is 1. The molecule has 1 aliphatic rings. The molecule has 100 valence electrons. The molecular formula is C15H23ClN2. The molecule has 1 N–H and O–H groups in total. The van der Waals surface area contributed by atoms with Crippen molar-refractivity contribution in [1.29, 1.82) is 5.41 Å². The van der Waals surface area contributed by atoms with Gasteiger partial charge in [-0.2, -0.15) is 0 Å². The molecule has 0 bridgehead atoms. The van der Waals surface area contributed by atoms with Crippen LogP contribution in [0.15, 0.2) is 30.3 Å². The Kier molecular flexibility index (Phi) is 5.36. The van der Waals surface area contributed by atoms with Crippen molar-refractivity contribution in [2.75, 3.05) is 13.1 Å². The summed E-state index contributed by atoms with van der Waals surface area (Å²) in [5.74, 6) is 0. The van der Waals surface area contributed by atoms with Crippen molar-refractivity contribution in [3.63, 3.8) is 0 Å². The molecule has 3 heteroatoms. The number of nitrogens with zero attached hydrogens (tertiary/aromatic N) is 1. The molecule has 1 aliphatic heterocycles. The Morgan fingerprint density at radius 2 is 1.61 bits per heavy atom. The summed E-state index contributed by atoms with van der Waals surface area (Å²) in [7, 11) is 0. The molecule has 0 radical (unpaired) electrons. The number of benzene rings is 1. The zero-order valence-electron chi connectivity index (χ0n) is 11.3. The van der Waals surface area contributed by atoms with Gasteiger partial charge in [0, 0.05) is 0 Å². The molecule has 1 saturated heterocycles. The highest BCUT2D eigenvalue weighted by molar-refractivity contribution is 6.04. The Balaban J connectivity index is 0.00000162. The van der Waals surface area contributed by atoms with Crippen LogP contribution in [0.25, 0.3) is 0 Å². The number of piperidine rings is 1. The molecule has 0 amide bonds. The third-order valence-electron chi connectivity index (χ3n) is 3.82. The molecular weight excluding hydrogens is 244 g/mol. The third-order valence-corrected chi connectivity index (χ3v) is 3.82. The van der Waals surface area contributed by atoms with Gasteiger partial charge in [0.15, 0.2) is 0 Å². The molecule has 1 heterocycles. The van der Waals surface area contributed by atoms with E-state index in [0.29, 0.717) is 0 Å². The van der Waals surface area contributed by atoms with Crippen LogP contribution in [0.1, 0.15) is 38.7 Å². The fourth-order valence-electron chi connectivity index (χ4n) is 2.57. The molecule has 1 aromatic carbocycles. The topological polar surface area (TPSA) is 27.1 Å². The monoisotopic (exact) mass is 266 g/mol. The van der Waals surface area contributed by atoms with Crippen LogP contribution >= 0.6 is 12.4 Å². The van der Waals surface area contributed by atoms with Crippen LogP contribution in [0.2, 0.25) is 0 Å². The SMILES string of the molecule is CC(C)(C(=N)c1ccccc1)N1CCCCC1.Cl. The second kappa shape index (κ2) is 6.35. The van der Waals surface area contributed by atoms with Gasteiger partial charge in [0.1, 0.15) is 0 Å². The average molecular weight is 267 g/mol. The van der Waals surface area contributed by atoms with Gasteiger partial charge in [0.25, 0.3) is 0 Å². The highest BCUT2D eigenvalue weighted by Gasteiger charge is 2.32. The maximum absolute atomic E-state index is 8.43. The Bertz CT molecular complexity index is 381. The van der Waals surface area contributed by atoms with Gasteiger partial charge in [-0.1, -0.05) is 36.8 Å². The van der Waals surface area contributed by atoms with E-state index < -0.39 is 0 Å². The largest absolute Gasteiger partial charge is 0.303 e. The zero-order chi connectivity index (χ0) is 12.3. The Hall–Kier alpha value is -0.860. The summed E-state index contributed by atoms with van der Waals surface area (Å²) in [5, 5.41) is 8.43. The van der Waals surface area contributed by atoms with Gasteiger partial charge in [-0.05, 0) is 45.3 Å². The summed E-state index contributed by atoms with van der Waals surface area (Å²) in [4.78, 5) is 2.45. The number of hydrogen-bond acceptors (Lipinski definition) is 2. The predicted molar refractivity (Wildman–Crippen MR) is 80.0 cm³/mol. The number of nitrogens with one attached hydrogen (secondary N) is 1. The van der Waals surface area contributed by atoms with Gasteiger partial charge >= 0.3 is 0 Å². The van der Waals surface area contributed by atoms with Crippen molar-refractivity contribution in [2.45, 2.75) is 38.6 Å². The average Bonchev–Trinajstić information content (AvgIpc) is 2.40. The molecule has 0 unspecified atom stereocenters. The van der Waals surface area contributed by atoms with Crippen LogP contribution in [0, 0.1) is 5.41 Å². The lowest BCUT2D eigenvalue weighted by molar-refractivity contribution is 0.146. The summed E-state index contributed by atoms with van der Waals surface area (Å²) in [6.07, 6.45) is 3.88. The molecule has 2 nitrogen and oxygen atoms in total. The van der Waals surface area contributed by atoms with Crippen LogP contribution < -0.4 is 0 Å². The molecule has 2 rings (SSSR count). The highest BCUT2D eigenvalue weighted by Crippen LogP contribution is 2.24. The second-order valence-corrected chi connectivity index (χ2v) is 5.35. The Labute approximate surface area is 116 Å². The minimum Gasteiger partial charge on any atom is -0.303 e. The van der Waals surface area contributed by atoms with E-state index in [4.69, 9.17) is 5.41 Å². The van der Waals surface area contributed by atoms with Crippen LogP contribution in [0.4, 0.5) is 0 Å². The van der Waals surface area contributed by atoms with E-state index in [1.807, 2.05) is 30.3 Å². The van der Waals surface area contributed by atoms with Gasteiger partial charge in [0.2, 0.25) is 0 Å². The Morgan fingerprint density at radius 1 is 1.06 bits per heavy atom. The maximum Gasteiger partial charge on any atom is 0.0583 e. The standard InChI is InChI=1S/C15H22N2.ClH/c1-15(2,17-11-7-4-8-12-17)14(16)13-9-5-3-6-10-13;/h3,5-6,9-10,16H,4,7-8,11-12H2,1-2H3;1H. The van der Waals surface area contributed by atoms with E-state index in [1.165, 1.54) is 19.3 Å². The van der Waals surface area contributed by atoms with Gasteiger partial charge in [-0.3, -0.25) is 4.90 Å². The van der Waals surface area contributed by atoms with E-state index in [1.54, 1.807) is 0 Å². The first-order valence-corrected chi connectivity index (χ1v) is 6.52. The maximum atomic E-state index is 8.43. The number of halogens is 1. The smallest absolute Gasteiger partial charge is 0.0583 e. The molecule has 1 aromatic rings. The fraction of sp³-hybridized carbons (Fsp3) is 0.533. The minimum atomic E-state index is -0.151. The second-order valence-electron chi connectivity index (χ2n) is 5.35.